The first-order chi connectivity index (χ1) is 7.13. The monoisotopic (exact) mass is 203 g/mol. The van der Waals surface area contributed by atoms with Crippen LogP contribution in [0.1, 0.15) is 22.5 Å². The van der Waals surface area contributed by atoms with Gasteiger partial charge in [-0.05, 0) is 44.0 Å². The van der Waals surface area contributed by atoms with Crippen molar-refractivity contribution in [1.29, 1.82) is 0 Å². The summed E-state index contributed by atoms with van der Waals surface area (Å²) in [5.41, 5.74) is 4.28. The number of rotatable bonds is 1. The number of oxime groups is 1. The minimum atomic E-state index is 0.609. The van der Waals surface area contributed by atoms with Gasteiger partial charge in [0.25, 0.3) is 0 Å². The van der Waals surface area contributed by atoms with Gasteiger partial charge in [-0.25, -0.2) is 0 Å². The Hall–Kier alpha value is -1.77. The van der Waals surface area contributed by atoms with Crippen LogP contribution < -0.4 is 0 Å². The average Bonchev–Trinajstić information content (AvgIpc) is 2.47. The van der Waals surface area contributed by atoms with Crippen molar-refractivity contribution >= 4 is 17.2 Å². The normalized spacial score (nSPS) is 11.7. The standard InChI is InChI=1S/C12H13NO2/c1-7-4-10-9(3)12(6-13-14)15-11(10)5-8(7)2/h4-6,14H,1-3H3/b13-6+. The molecule has 1 aromatic heterocycles. The molecule has 0 bridgehead atoms. The van der Waals surface area contributed by atoms with Gasteiger partial charge in [0.2, 0.25) is 0 Å². The Labute approximate surface area is 88.0 Å². The summed E-state index contributed by atoms with van der Waals surface area (Å²) < 4.78 is 5.57. The van der Waals surface area contributed by atoms with Gasteiger partial charge in [-0.3, -0.25) is 0 Å². The van der Waals surface area contributed by atoms with E-state index in [1.54, 1.807) is 0 Å². The van der Waals surface area contributed by atoms with Gasteiger partial charge in [0.05, 0.1) is 0 Å². The van der Waals surface area contributed by atoms with Crippen molar-refractivity contribution < 1.29 is 9.62 Å². The highest BCUT2D eigenvalue weighted by atomic mass is 16.4. The van der Waals surface area contributed by atoms with Gasteiger partial charge >= 0.3 is 0 Å². The van der Waals surface area contributed by atoms with Gasteiger partial charge in [-0.1, -0.05) is 5.16 Å². The molecule has 0 radical (unpaired) electrons. The highest BCUT2D eigenvalue weighted by molar-refractivity contribution is 5.91. The zero-order chi connectivity index (χ0) is 11.0. The fraction of sp³-hybridized carbons (Fsp3) is 0.250. The molecule has 3 nitrogen and oxygen atoms in total. The molecule has 3 heteroatoms. The smallest absolute Gasteiger partial charge is 0.152 e. The van der Waals surface area contributed by atoms with Crippen molar-refractivity contribution in [2.45, 2.75) is 20.8 Å². The third kappa shape index (κ3) is 1.50. The Morgan fingerprint density at radius 2 is 1.87 bits per heavy atom. The van der Waals surface area contributed by atoms with Crippen LogP contribution in [0.15, 0.2) is 21.7 Å². The largest absolute Gasteiger partial charge is 0.455 e. The lowest BCUT2D eigenvalue weighted by Gasteiger charge is -1.98. The van der Waals surface area contributed by atoms with Crippen LogP contribution in [0.5, 0.6) is 0 Å². The van der Waals surface area contributed by atoms with Crippen molar-refractivity contribution in [3.05, 3.63) is 34.6 Å². The quantitative estimate of drug-likeness (QED) is 0.439. The molecule has 1 aromatic carbocycles. The molecule has 0 spiro atoms. The van der Waals surface area contributed by atoms with E-state index in [2.05, 4.69) is 18.1 Å². The van der Waals surface area contributed by atoms with E-state index in [0.717, 1.165) is 16.5 Å². The Kier molecular flexibility index (Phi) is 2.23. The number of furan rings is 1. The summed E-state index contributed by atoms with van der Waals surface area (Å²) in [6.45, 7) is 6.07. The first-order valence-electron chi connectivity index (χ1n) is 4.81. The second-order valence-electron chi connectivity index (χ2n) is 3.77. The van der Waals surface area contributed by atoms with E-state index in [1.807, 2.05) is 19.9 Å². The molecule has 0 unspecified atom stereocenters. The van der Waals surface area contributed by atoms with Gasteiger partial charge in [0.15, 0.2) is 5.76 Å². The highest BCUT2D eigenvalue weighted by Gasteiger charge is 2.09. The van der Waals surface area contributed by atoms with Crippen LogP contribution >= 0.6 is 0 Å². The molecule has 0 aliphatic heterocycles. The average molecular weight is 203 g/mol. The van der Waals surface area contributed by atoms with Crippen LogP contribution in [-0.4, -0.2) is 11.4 Å². The van der Waals surface area contributed by atoms with Crippen molar-refractivity contribution in [1.82, 2.24) is 0 Å². The molecular weight excluding hydrogens is 190 g/mol. The Morgan fingerprint density at radius 3 is 2.53 bits per heavy atom. The van der Waals surface area contributed by atoms with Gasteiger partial charge in [-0.2, -0.15) is 0 Å². The lowest BCUT2D eigenvalue weighted by molar-refractivity contribution is 0.321. The molecule has 0 atom stereocenters. The molecule has 0 saturated carbocycles. The maximum atomic E-state index is 8.49. The van der Waals surface area contributed by atoms with Crippen LogP contribution in [0.3, 0.4) is 0 Å². The zero-order valence-electron chi connectivity index (χ0n) is 9.03. The van der Waals surface area contributed by atoms with E-state index in [-0.39, 0.29) is 0 Å². The summed E-state index contributed by atoms with van der Waals surface area (Å²) in [6, 6.07) is 4.10. The first kappa shape index (κ1) is 9.77. The predicted octanol–water partition coefficient (Wildman–Crippen LogP) is 3.17. The SMILES string of the molecule is Cc1cc2oc(/C=N/O)c(C)c2cc1C. The summed E-state index contributed by atoms with van der Waals surface area (Å²) in [6.07, 6.45) is 1.32. The minimum absolute atomic E-state index is 0.609. The maximum absolute atomic E-state index is 8.49. The van der Waals surface area contributed by atoms with Crippen LogP contribution in [0.4, 0.5) is 0 Å². The number of benzene rings is 1. The third-order valence-corrected chi connectivity index (χ3v) is 2.76. The van der Waals surface area contributed by atoms with E-state index < -0.39 is 0 Å². The molecule has 2 aromatic rings. The lowest BCUT2D eigenvalue weighted by atomic mass is 10.1. The Bertz CT molecular complexity index is 538. The van der Waals surface area contributed by atoms with Crippen molar-refractivity contribution in [3.8, 4) is 0 Å². The molecule has 0 amide bonds. The van der Waals surface area contributed by atoms with Crippen LogP contribution in [0.2, 0.25) is 0 Å². The number of hydrogen-bond donors (Lipinski definition) is 1. The maximum Gasteiger partial charge on any atom is 0.152 e. The van der Waals surface area contributed by atoms with Crippen molar-refractivity contribution in [2.24, 2.45) is 5.16 Å². The number of nitrogens with zero attached hydrogens (tertiary/aromatic N) is 1. The van der Waals surface area contributed by atoms with E-state index in [4.69, 9.17) is 9.62 Å². The molecule has 1 N–H and O–H groups in total. The first-order valence-corrected chi connectivity index (χ1v) is 4.81. The van der Waals surface area contributed by atoms with Crippen LogP contribution in [0, 0.1) is 20.8 Å². The molecule has 78 valence electrons. The van der Waals surface area contributed by atoms with E-state index in [1.165, 1.54) is 17.3 Å². The fourth-order valence-corrected chi connectivity index (χ4v) is 1.67. The topological polar surface area (TPSA) is 45.7 Å². The van der Waals surface area contributed by atoms with Gasteiger partial charge in [0, 0.05) is 10.9 Å². The Morgan fingerprint density at radius 1 is 1.20 bits per heavy atom. The molecule has 2 rings (SSSR count). The van der Waals surface area contributed by atoms with Gasteiger partial charge in [-0.15, -0.1) is 0 Å². The predicted molar refractivity (Wildman–Crippen MR) is 59.8 cm³/mol. The van der Waals surface area contributed by atoms with Gasteiger partial charge < -0.3 is 9.62 Å². The molecule has 1 heterocycles. The lowest BCUT2D eigenvalue weighted by Crippen LogP contribution is -1.81. The number of hydrogen-bond acceptors (Lipinski definition) is 3. The van der Waals surface area contributed by atoms with Crippen LogP contribution in [-0.2, 0) is 0 Å². The van der Waals surface area contributed by atoms with Crippen molar-refractivity contribution in [2.75, 3.05) is 0 Å². The van der Waals surface area contributed by atoms with E-state index in [9.17, 15) is 0 Å². The summed E-state index contributed by atoms with van der Waals surface area (Å²) in [4.78, 5) is 0. The van der Waals surface area contributed by atoms with E-state index in [0.29, 0.717) is 5.76 Å². The fourth-order valence-electron chi connectivity index (χ4n) is 1.67. The summed E-state index contributed by atoms with van der Waals surface area (Å²) in [5.74, 6) is 0.609. The summed E-state index contributed by atoms with van der Waals surface area (Å²) in [7, 11) is 0. The molecule has 0 aliphatic carbocycles. The summed E-state index contributed by atoms with van der Waals surface area (Å²) >= 11 is 0. The van der Waals surface area contributed by atoms with E-state index >= 15 is 0 Å². The molecule has 0 fully saturated rings. The second kappa shape index (κ2) is 3.42. The van der Waals surface area contributed by atoms with Crippen molar-refractivity contribution in [3.63, 3.8) is 0 Å². The Balaban J connectivity index is 2.77. The van der Waals surface area contributed by atoms with Gasteiger partial charge in [0.1, 0.15) is 11.8 Å². The number of fused-ring (bicyclic) bond motifs is 1. The summed E-state index contributed by atoms with van der Waals surface area (Å²) in [5, 5.41) is 12.6. The zero-order valence-corrected chi connectivity index (χ0v) is 9.03. The second-order valence-corrected chi connectivity index (χ2v) is 3.77. The molecule has 0 aliphatic rings. The third-order valence-electron chi connectivity index (χ3n) is 2.76. The minimum Gasteiger partial charge on any atom is -0.455 e. The highest BCUT2D eigenvalue weighted by Crippen LogP contribution is 2.26. The number of aryl methyl sites for hydroxylation is 3. The molecular formula is C12H13NO2. The van der Waals surface area contributed by atoms with Crippen LogP contribution in [0.25, 0.3) is 11.0 Å². The molecule has 15 heavy (non-hydrogen) atoms. The molecule has 0 saturated heterocycles.